The summed E-state index contributed by atoms with van der Waals surface area (Å²) in [7, 11) is 1.23. The fourth-order valence-electron chi connectivity index (χ4n) is 2.62. The molecule has 0 bridgehead atoms. The summed E-state index contributed by atoms with van der Waals surface area (Å²) in [5, 5.41) is 2.34. The van der Waals surface area contributed by atoms with Gasteiger partial charge in [-0.25, -0.2) is 24.1 Å². The van der Waals surface area contributed by atoms with Gasteiger partial charge in [0, 0.05) is 23.5 Å². The molecule has 27 heavy (non-hydrogen) atoms. The van der Waals surface area contributed by atoms with Gasteiger partial charge in [0.2, 0.25) is 11.8 Å². The maximum Gasteiger partial charge on any atom is 0.413 e. The molecule has 2 rings (SSSR count). The van der Waals surface area contributed by atoms with Gasteiger partial charge in [-0.05, 0) is 31.4 Å². The number of hydrogen-bond donors (Lipinski definition) is 2. The highest BCUT2D eigenvalue weighted by Gasteiger charge is 2.22. The van der Waals surface area contributed by atoms with Crippen LogP contribution in [0.5, 0.6) is 5.88 Å². The van der Waals surface area contributed by atoms with Crippen molar-refractivity contribution in [2.75, 3.05) is 19.0 Å². The van der Waals surface area contributed by atoms with Crippen LogP contribution in [0.1, 0.15) is 27.2 Å². The summed E-state index contributed by atoms with van der Waals surface area (Å²) in [6, 6.07) is 2.82. The first-order valence-corrected chi connectivity index (χ1v) is 8.46. The van der Waals surface area contributed by atoms with E-state index in [0.29, 0.717) is 17.2 Å². The third-order valence-electron chi connectivity index (χ3n) is 3.57. The van der Waals surface area contributed by atoms with Gasteiger partial charge in [0.05, 0.1) is 12.8 Å². The molecule has 9 heteroatoms. The van der Waals surface area contributed by atoms with Crippen LogP contribution < -0.4 is 15.8 Å². The summed E-state index contributed by atoms with van der Waals surface area (Å²) in [4.78, 5) is 23.3. The number of hydrogen-bond acceptors (Lipinski definition) is 7. The Kier molecular flexibility index (Phi) is 6.62. The molecule has 1 amide bonds. The zero-order chi connectivity index (χ0) is 20.0. The standard InChI is InChI=1S/C18H24FN5O3/c1-11(2)8-18(3,20)10-27-15-13(19)7-12(9-22-15)14-5-6-21-16(23-14)24-17(25)26-4/h5-7,9,11H,8,10,20H2,1-4H3,(H,21,23,24,25)/t18-/m1/s1. The average Bonchev–Trinajstić information content (AvgIpc) is 2.59. The minimum atomic E-state index is -0.702. The van der Waals surface area contributed by atoms with Crippen molar-refractivity contribution in [1.29, 1.82) is 0 Å². The molecule has 1 atom stereocenters. The van der Waals surface area contributed by atoms with Crippen LogP contribution in [0, 0.1) is 11.7 Å². The molecule has 0 aromatic carbocycles. The summed E-state index contributed by atoms with van der Waals surface area (Å²) in [5.41, 5.74) is 6.38. The number of methoxy groups -OCH3 is 1. The molecular formula is C18H24FN5O3. The van der Waals surface area contributed by atoms with Crippen LogP contribution in [0.3, 0.4) is 0 Å². The largest absolute Gasteiger partial charge is 0.474 e. The Morgan fingerprint density at radius 1 is 1.41 bits per heavy atom. The van der Waals surface area contributed by atoms with E-state index >= 15 is 0 Å². The van der Waals surface area contributed by atoms with Gasteiger partial charge in [0.15, 0.2) is 5.82 Å². The lowest BCUT2D eigenvalue weighted by molar-refractivity contribution is 0.186. The van der Waals surface area contributed by atoms with Gasteiger partial charge in [-0.1, -0.05) is 13.8 Å². The first kappa shape index (κ1) is 20.5. The number of nitrogens with one attached hydrogen (secondary N) is 1. The van der Waals surface area contributed by atoms with Crippen LogP contribution in [0.25, 0.3) is 11.3 Å². The van der Waals surface area contributed by atoms with Crippen molar-refractivity contribution < 1.29 is 18.7 Å². The van der Waals surface area contributed by atoms with Crippen molar-refractivity contribution in [1.82, 2.24) is 15.0 Å². The monoisotopic (exact) mass is 377 g/mol. The van der Waals surface area contributed by atoms with Gasteiger partial charge >= 0.3 is 6.09 Å². The normalized spacial score (nSPS) is 13.1. The molecule has 0 fully saturated rings. The molecule has 0 radical (unpaired) electrons. The Morgan fingerprint density at radius 3 is 2.78 bits per heavy atom. The first-order valence-electron chi connectivity index (χ1n) is 8.46. The number of anilines is 1. The number of aromatic nitrogens is 3. The fourth-order valence-corrected chi connectivity index (χ4v) is 2.62. The van der Waals surface area contributed by atoms with Crippen molar-refractivity contribution in [3.05, 3.63) is 30.3 Å². The van der Waals surface area contributed by atoms with E-state index in [1.54, 1.807) is 6.07 Å². The van der Waals surface area contributed by atoms with Crippen LogP contribution in [0.2, 0.25) is 0 Å². The smallest absolute Gasteiger partial charge is 0.413 e. The lowest BCUT2D eigenvalue weighted by Crippen LogP contribution is -2.43. The topological polar surface area (TPSA) is 112 Å². The molecule has 2 aromatic rings. The zero-order valence-electron chi connectivity index (χ0n) is 15.8. The van der Waals surface area contributed by atoms with E-state index in [1.165, 1.54) is 25.6 Å². The SMILES string of the molecule is COC(=O)Nc1nccc(-c2cnc(OC[C@](C)(N)CC(C)C)c(F)c2)n1. The van der Waals surface area contributed by atoms with Crippen LogP contribution in [-0.2, 0) is 4.74 Å². The molecular weight excluding hydrogens is 353 g/mol. The molecule has 0 unspecified atom stereocenters. The number of pyridine rings is 1. The number of halogens is 1. The molecule has 8 nitrogen and oxygen atoms in total. The molecule has 0 aliphatic heterocycles. The van der Waals surface area contributed by atoms with E-state index < -0.39 is 17.4 Å². The molecule has 2 heterocycles. The second-order valence-electron chi connectivity index (χ2n) is 6.93. The number of rotatable bonds is 7. The second kappa shape index (κ2) is 8.72. The van der Waals surface area contributed by atoms with Crippen molar-refractivity contribution in [2.24, 2.45) is 11.7 Å². The van der Waals surface area contributed by atoms with Crippen LogP contribution in [-0.4, -0.2) is 40.3 Å². The fraction of sp³-hybridized carbons (Fsp3) is 0.444. The van der Waals surface area contributed by atoms with Crippen molar-refractivity contribution in [3.8, 4) is 17.1 Å². The summed E-state index contributed by atoms with van der Waals surface area (Å²) in [6.45, 7) is 6.12. The maximum atomic E-state index is 14.4. The lowest BCUT2D eigenvalue weighted by Gasteiger charge is -2.26. The van der Waals surface area contributed by atoms with E-state index in [-0.39, 0.29) is 18.4 Å². The molecule has 0 saturated carbocycles. The Balaban J connectivity index is 2.12. The molecule has 0 aliphatic rings. The Morgan fingerprint density at radius 2 is 2.15 bits per heavy atom. The van der Waals surface area contributed by atoms with Gasteiger partial charge in [0.1, 0.15) is 6.61 Å². The third-order valence-corrected chi connectivity index (χ3v) is 3.57. The number of nitrogens with zero attached hydrogens (tertiary/aromatic N) is 3. The summed E-state index contributed by atoms with van der Waals surface area (Å²) in [6.07, 6.45) is 2.90. The molecule has 0 aliphatic carbocycles. The molecule has 0 saturated heterocycles. The summed E-state index contributed by atoms with van der Waals surface area (Å²) in [5.74, 6) is -0.322. The van der Waals surface area contributed by atoms with E-state index in [9.17, 15) is 9.18 Å². The van der Waals surface area contributed by atoms with Gasteiger partial charge in [-0.15, -0.1) is 0 Å². The van der Waals surface area contributed by atoms with Gasteiger partial charge < -0.3 is 15.2 Å². The Labute approximate surface area is 157 Å². The second-order valence-corrected chi connectivity index (χ2v) is 6.93. The molecule has 2 aromatic heterocycles. The summed E-state index contributed by atoms with van der Waals surface area (Å²) >= 11 is 0. The highest BCUT2D eigenvalue weighted by molar-refractivity contribution is 5.82. The predicted octanol–water partition coefficient (Wildman–Crippen LogP) is 3.00. The number of carbonyl (C=O) groups excluding carboxylic acids is 1. The van der Waals surface area contributed by atoms with Crippen LogP contribution in [0.15, 0.2) is 24.5 Å². The van der Waals surface area contributed by atoms with E-state index in [4.69, 9.17) is 10.5 Å². The number of ether oxygens (including phenoxy) is 2. The van der Waals surface area contributed by atoms with Crippen molar-refractivity contribution in [2.45, 2.75) is 32.7 Å². The first-order chi connectivity index (χ1) is 12.7. The quantitative estimate of drug-likeness (QED) is 0.763. The predicted molar refractivity (Wildman–Crippen MR) is 98.8 cm³/mol. The lowest BCUT2D eigenvalue weighted by atomic mass is 9.93. The highest BCUT2D eigenvalue weighted by Crippen LogP contribution is 2.23. The minimum absolute atomic E-state index is 0.0349. The maximum absolute atomic E-state index is 14.4. The number of carbonyl (C=O) groups is 1. The molecule has 0 spiro atoms. The molecule has 3 N–H and O–H groups in total. The number of amides is 1. The van der Waals surface area contributed by atoms with E-state index in [0.717, 1.165) is 6.42 Å². The van der Waals surface area contributed by atoms with Gasteiger partial charge in [0.25, 0.3) is 0 Å². The average molecular weight is 377 g/mol. The van der Waals surface area contributed by atoms with Crippen LogP contribution in [0.4, 0.5) is 15.1 Å². The zero-order valence-corrected chi connectivity index (χ0v) is 15.8. The number of nitrogens with two attached hydrogens (primary N) is 1. The third kappa shape index (κ3) is 6.14. The van der Waals surface area contributed by atoms with Crippen molar-refractivity contribution in [3.63, 3.8) is 0 Å². The van der Waals surface area contributed by atoms with Gasteiger partial charge in [-0.3, -0.25) is 5.32 Å². The molecule has 146 valence electrons. The van der Waals surface area contributed by atoms with E-state index in [2.05, 4.69) is 38.9 Å². The van der Waals surface area contributed by atoms with Gasteiger partial charge in [-0.2, -0.15) is 0 Å². The Hall–Kier alpha value is -2.81. The van der Waals surface area contributed by atoms with Crippen molar-refractivity contribution >= 4 is 12.0 Å². The highest BCUT2D eigenvalue weighted by atomic mass is 19.1. The summed E-state index contributed by atoms with van der Waals surface area (Å²) < 4.78 is 24.3. The van der Waals surface area contributed by atoms with E-state index in [1.807, 2.05) is 6.92 Å². The Bertz CT molecular complexity index is 798. The minimum Gasteiger partial charge on any atom is -0.474 e. The van der Waals surface area contributed by atoms with Crippen LogP contribution >= 0.6 is 0 Å².